The normalized spacial score (nSPS) is 20.7. The molecule has 3 heteroatoms. The molecule has 1 aromatic rings. The largest absolute Gasteiger partial charge is 0.497 e. The fourth-order valence-corrected chi connectivity index (χ4v) is 2.57. The van der Waals surface area contributed by atoms with Gasteiger partial charge in [0.25, 0.3) is 0 Å². The van der Waals surface area contributed by atoms with E-state index in [9.17, 15) is 0 Å². The van der Waals surface area contributed by atoms with Crippen LogP contribution in [-0.4, -0.2) is 44.2 Å². The molecule has 1 unspecified atom stereocenters. The number of rotatable bonds is 5. The molecular formula is C16H26N2O. The topological polar surface area (TPSA) is 24.5 Å². The monoisotopic (exact) mass is 262 g/mol. The van der Waals surface area contributed by atoms with E-state index in [1.807, 2.05) is 12.1 Å². The van der Waals surface area contributed by atoms with Crippen molar-refractivity contribution in [3.05, 3.63) is 29.8 Å². The van der Waals surface area contributed by atoms with Gasteiger partial charge < -0.3 is 15.0 Å². The smallest absolute Gasteiger partial charge is 0.118 e. The lowest BCUT2D eigenvalue weighted by Crippen LogP contribution is -2.53. The van der Waals surface area contributed by atoms with Gasteiger partial charge in [0.15, 0.2) is 0 Å². The molecule has 0 bridgehead atoms. The summed E-state index contributed by atoms with van der Waals surface area (Å²) in [5.74, 6) is 1.65. The first-order valence-corrected chi connectivity index (χ1v) is 7.27. The van der Waals surface area contributed by atoms with Crippen molar-refractivity contribution in [2.24, 2.45) is 5.92 Å². The van der Waals surface area contributed by atoms with Crippen molar-refractivity contribution in [3.8, 4) is 5.75 Å². The predicted octanol–water partition coefficient (Wildman–Crippen LogP) is 2.17. The summed E-state index contributed by atoms with van der Waals surface area (Å²) in [6, 6.07) is 9.07. The lowest BCUT2D eigenvalue weighted by molar-refractivity contribution is 0.177. The Labute approximate surface area is 116 Å². The molecule has 1 saturated heterocycles. The van der Waals surface area contributed by atoms with Crippen molar-refractivity contribution in [2.75, 3.05) is 33.3 Å². The zero-order chi connectivity index (χ0) is 13.7. The molecule has 1 aromatic carbocycles. The minimum atomic E-state index is 0.643. The summed E-state index contributed by atoms with van der Waals surface area (Å²) >= 11 is 0. The molecule has 106 valence electrons. The van der Waals surface area contributed by atoms with Crippen molar-refractivity contribution in [3.63, 3.8) is 0 Å². The van der Waals surface area contributed by atoms with Crippen LogP contribution in [0.1, 0.15) is 19.4 Å². The Morgan fingerprint density at radius 3 is 2.68 bits per heavy atom. The third-order valence-electron chi connectivity index (χ3n) is 3.97. The maximum atomic E-state index is 5.19. The maximum Gasteiger partial charge on any atom is 0.118 e. The second-order valence-electron chi connectivity index (χ2n) is 5.70. The SMILES string of the molecule is COc1ccc(CCN2CCNC(C(C)C)C2)cc1. The number of ether oxygens (including phenoxy) is 1. The highest BCUT2D eigenvalue weighted by molar-refractivity contribution is 5.27. The van der Waals surface area contributed by atoms with Gasteiger partial charge in [-0.2, -0.15) is 0 Å². The molecule has 1 fully saturated rings. The van der Waals surface area contributed by atoms with Gasteiger partial charge >= 0.3 is 0 Å². The van der Waals surface area contributed by atoms with Gasteiger partial charge in [-0.15, -0.1) is 0 Å². The van der Waals surface area contributed by atoms with Crippen LogP contribution in [-0.2, 0) is 6.42 Å². The van der Waals surface area contributed by atoms with Crippen LogP contribution >= 0.6 is 0 Å². The van der Waals surface area contributed by atoms with E-state index in [4.69, 9.17) is 4.74 Å². The van der Waals surface area contributed by atoms with Crippen molar-refractivity contribution in [1.82, 2.24) is 10.2 Å². The molecule has 2 rings (SSSR count). The predicted molar refractivity (Wildman–Crippen MR) is 79.8 cm³/mol. The van der Waals surface area contributed by atoms with Crippen LogP contribution in [0, 0.1) is 5.92 Å². The molecule has 1 heterocycles. The summed E-state index contributed by atoms with van der Waals surface area (Å²) in [4.78, 5) is 2.57. The Hall–Kier alpha value is -1.06. The van der Waals surface area contributed by atoms with Crippen molar-refractivity contribution in [1.29, 1.82) is 0 Å². The van der Waals surface area contributed by atoms with Gasteiger partial charge in [-0.05, 0) is 30.0 Å². The molecule has 19 heavy (non-hydrogen) atoms. The number of piperazine rings is 1. The molecule has 0 amide bonds. The van der Waals surface area contributed by atoms with Crippen LogP contribution in [0.2, 0.25) is 0 Å². The first kappa shape index (κ1) is 14.4. The highest BCUT2D eigenvalue weighted by Gasteiger charge is 2.21. The molecule has 0 saturated carbocycles. The fourth-order valence-electron chi connectivity index (χ4n) is 2.57. The Morgan fingerprint density at radius 2 is 2.05 bits per heavy atom. The van der Waals surface area contributed by atoms with E-state index in [-0.39, 0.29) is 0 Å². The van der Waals surface area contributed by atoms with E-state index >= 15 is 0 Å². The minimum Gasteiger partial charge on any atom is -0.497 e. The summed E-state index contributed by atoms with van der Waals surface area (Å²) in [5, 5.41) is 3.60. The molecule has 1 aliphatic heterocycles. The lowest BCUT2D eigenvalue weighted by atomic mass is 10.0. The van der Waals surface area contributed by atoms with Crippen LogP contribution in [0.4, 0.5) is 0 Å². The number of methoxy groups -OCH3 is 1. The summed E-state index contributed by atoms with van der Waals surface area (Å²) in [6.45, 7) is 9.20. The zero-order valence-corrected chi connectivity index (χ0v) is 12.4. The second-order valence-corrected chi connectivity index (χ2v) is 5.70. The van der Waals surface area contributed by atoms with Gasteiger partial charge in [0, 0.05) is 32.2 Å². The Balaban J connectivity index is 1.80. The first-order valence-electron chi connectivity index (χ1n) is 7.27. The van der Waals surface area contributed by atoms with Crippen molar-refractivity contribution in [2.45, 2.75) is 26.3 Å². The highest BCUT2D eigenvalue weighted by atomic mass is 16.5. The van der Waals surface area contributed by atoms with E-state index in [0.717, 1.165) is 25.3 Å². The lowest BCUT2D eigenvalue weighted by Gasteiger charge is -2.35. The van der Waals surface area contributed by atoms with Crippen LogP contribution in [0.25, 0.3) is 0 Å². The molecule has 1 N–H and O–H groups in total. The number of benzene rings is 1. The summed E-state index contributed by atoms with van der Waals surface area (Å²) < 4.78 is 5.19. The number of nitrogens with one attached hydrogen (secondary N) is 1. The van der Waals surface area contributed by atoms with Crippen molar-refractivity contribution < 1.29 is 4.74 Å². The number of hydrogen-bond acceptors (Lipinski definition) is 3. The van der Waals surface area contributed by atoms with Gasteiger partial charge in [-0.3, -0.25) is 0 Å². The molecule has 0 aromatic heterocycles. The summed E-state index contributed by atoms with van der Waals surface area (Å²) in [5.41, 5.74) is 1.39. The minimum absolute atomic E-state index is 0.643. The van der Waals surface area contributed by atoms with E-state index in [2.05, 4.69) is 36.2 Å². The molecule has 3 nitrogen and oxygen atoms in total. The quantitative estimate of drug-likeness (QED) is 0.880. The fraction of sp³-hybridized carbons (Fsp3) is 0.625. The standard InChI is InChI=1S/C16H26N2O/c1-13(2)16-12-18(11-9-17-16)10-8-14-4-6-15(19-3)7-5-14/h4-7,13,16-17H,8-12H2,1-3H3. The van der Waals surface area contributed by atoms with Crippen molar-refractivity contribution >= 4 is 0 Å². The van der Waals surface area contributed by atoms with E-state index in [1.165, 1.54) is 18.7 Å². The van der Waals surface area contributed by atoms with E-state index < -0.39 is 0 Å². The highest BCUT2D eigenvalue weighted by Crippen LogP contribution is 2.13. The Morgan fingerprint density at radius 1 is 1.32 bits per heavy atom. The Kier molecular flexibility index (Phi) is 5.23. The summed E-state index contributed by atoms with van der Waals surface area (Å²) in [7, 11) is 1.71. The molecule has 0 radical (unpaired) electrons. The van der Waals surface area contributed by atoms with Gasteiger partial charge in [0.2, 0.25) is 0 Å². The molecule has 0 spiro atoms. The van der Waals surface area contributed by atoms with Crippen LogP contribution in [0.5, 0.6) is 5.75 Å². The van der Waals surface area contributed by atoms with E-state index in [0.29, 0.717) is 12.0 Å². The van der Waals surface area contributed by atoms with Crippen LogP contribution in [0.3, 0.4) is 0 Å². The van der Waals surface area contributed by atoms with Crippen LogP contribution in [0.15, 0.2) is 24.3 Å². The molecule has 1 atom stereocenters. The Bertz CT molecular complexity index is 375. The van der Waals surface area contributed by atoms with Gasteiger partial charge in [0.05, 0.1) is 7.11 Å². The third-order valence-corrected chi connectivity index (χ3v) is 3.97. The van der Waals surface area contributed by atoms with Gasteiger partial charge in [-0.1, -0.05) is 26.0 Å². The maximum absolute atomic E-state index is 5.19. The van der Waals surface area contributed by atoms with E-state index in [1.54, 1.807) is 7.11 Å². The van der Waals surface area contributed by atoms with Gasteiger partial charge in [-0.25, -0.2) is 0 Å². The molecule has 0 aliphatic carbocycles. The summed E-state index contributed by atoms with van der Waals surface area (Å²) in [6.07, 6.45) is 1.12. The second kappa shape index (κ2) is 6.92. The third kappa shape index (κ3) is 4.22. The zero-order valence-electron chi connectivity index (χ0n) is 12.4. The molecular weight excluding hydrogens is 236 g/mol. The number of nitrogens with zero attached hydrogens (tertiary/aromatic N) is 1. The average Bonchev–Trinajstić information content (AvgIpc) is 2.46. The number of hydrogen-bond donors (Lipinski definition) is 1. The molecule has 1 aliphatic rings. The average molecular weight is 262 g/mol. The first-order chi connectivity index (χ1) is 9.19. The van der Waals surface area contributed by atoms with Gasteiger partial charge in [0.1, 0.15) is 5.75 Å². The van der Waals surface area contributed by atoms with Crippen LogP contribution < -0.4 is 10.1 Å².